The van der Waals surface area contributed by atoms with Gasteiger partial charge in [-0.15, -0.1) is 11.3 Å². The van der Waals surface area contributed by atoms with Crippen LogP contribution in [0.5, 0.6) is 5.75 Å². The highest BCUT2D eigenvalue weighted by Crippen LogP contribution is 2.32. The second-order valence-electron chi connectivity index (χ2n) is 7.87. The molecule has 7 nitrogen and oxygen atoms in total. The van der Waals surface area contributed by atoms with Gasteiger partial charge in [0.25, 0.3) is 5.91 Å². The predicted octanol–water partition coefficient (Wildman–Crippen LogP) is 4.01. The number of carbonyl (C=O) groups excluding carboxylic acids is 1. The quantitative estimate of drug-likeness (QED) is 0.544. The molecule has 0 unspecified atom stereocenters. The number of hydrogen-bond acceptors (Lipinski definition) is 7. The van der Waals surface area contributed by atoms with E-state index in [9.17, 15) is 13.2 Å². The van der Waals surface area contributed by atoms with E-state index in [4.69, 9.17) is 4.74 Å². The summed E-state index contributed by atoms with van der Waals surface area (Å²) >= 11 is 1.42. The summed E-state index contributed by atoms with van der Waals surface area (Å²) in [6.45, 7) is 3.22. The number of rotatable bonds is 7. The number of anilines is 1. The molecule has 174 valence electrons. The van der Waals surface area contributed by atoms with E-state index in [-0.39, 0.29) is 17.7 Å². The molecular formula is C24H27N3O4S2. The molecule has 1 saturated heterocycles. The van der Waals surface area contributed by atoms with Crippen molar-refractivity contribution >= 4 is 32.8 Å². The largest absolute Gasteiger partial charge is 0.496 e. The topological polar surface area (TPSA) is 88.6 Å². The lowest BCUT2D eigenvalue weighted by Gasteiger charge is -2.34. The highest BCUT2D eigenvalue weighted by molar-refractivity contribution is 7.91. The van der Waals surface area contributed by atoms with Crippen LogP contribution in [0, 0.1) is 0 Å². The van der Waals surface area contributed by atoms with Crippen molar-refractivity contribution < 1.29 is 17.9 Å². The second kappa shape index (κ2) is 9.93. The summed E-state index contributed by atoms with van der Waals surface area (Å²) in [7, 11) is -1.57. The van der Waals surface area contributed by atoms with E-state index in [1.807, 2.05) is 36.4 Å². The Morgan fingerprint density at radius 3 is 2.52 bits per heavy atom. The first-order valence-corrected chi connectivity index (χ1v) is 13.4. The van der Waals surface area contributed by atoms with E-state index < -0.39 is 9.84 Å². The van der Waals surface area contributed by atoms with Crippen LogP contribution in [0.25, 0.3) is 10.6 Å². The molecule has 1 fully saturated rings. The Morgan fingerprint density at radius 2 is 1.85 bits per heavy atom. The Bertz CT molecular complexity index is 1210. The second-order valence-corrected chi connectivity index (χ2v) is 11.0. The highest BCUT2D eigenvalue weighted by Gasteiger charge is 2.23. The van der Waals surface area contributed by atoms with Gasteiger partial charge >= 0.3 is 0 Å². The summed E-state index contributed by atoms with van der Waals surface area (Å²) in [6, 6.07) is 14.8. The maximum atomic E-state index is 12.8. The third-order valence-corrected chi connectivity index (χ3v) is 8.47. The lowest BCUT2D eigenvalue weighted by molar-refractivity contribution is 0.0927. The number of ether oxygens (including phenoxy) is 1. The minimum absolute atomic E-state index is 0.0740. The molecule has 2 aromatic carbocycles. The number of sulfone groups is 1. The van der Waals surface area contributed by atoms with Crippen molar-refractivity contribution in [3.05, 3.63) is 59.6 Å². The third-order valence-electron chi connectivity index (χ3n) is 5.85. The van der Waals surface area contributed by atoms with Crippen molar-refractivity contribution in [1.82, 2.24) is 10.3 Å². The SMILES string of the molecule is CCS(=O)(=O)c1ccc(N2CCC(NC(=O)c3csc(-c4ccccc4OC)n3)CC2)cc1. The minimum atomic E-state index is -3.19. The molecule has 9 heteroatoms. The van der Waals surface area contributed by atoms with Gasteiger partial charge in [0.2, 0.25) is 0 Å². The number of piperidine rings is 1. The molecule has 33 heavy (non-hydrogen) atoms. The lowest BCUT2D eigenvalue weighted by atomic mass is 10.0. The van der Waals surface area contributed by atoms with Gasteiger partial charge in [-0.1, -0.05) is 19.1 Å². The van der Waals surface area contributed by atoms with Crippen molar-refractivity contribution in [2.45, 2.75) is 30.7 Å². The zero-order valence-corrected chi connectivity index (χ0v) is 20.3. The van der Waals surface area contributed by atoms with Crippen LogP contribution in [-0.2, 0) is 9.84 Å². The average molecular weight is 486 g/mol. The molecule has 1 aliphatic heterocycles. The van der Waals surface area contributed by atoms with Crippen molar-refractivity contribution in [2.75, 3.05) is 30.9 Å². The third kappa shape index (κ3) is 5.20. The number of methoxy groups -OCH3 is 1. The van der Waals surface area contributed by atoms with E-state index in [0.29, 0.717) is 10.6 Å². The van der Waals surface area contributed by atoms with Gasteiger partial charge in [-0.3, -0.25) is 4.79 Å². The van der Waals surface area contributed by atoms with Gasteiger partial charge < -0.3 is 15.0 Å². The maximum Gasteiger partial charge on any atom is 0.270 e. The highest BCUT2D eigenvalue weighted by atomic mass is 32.2. The molecule has 0 saturated carbocycles. The van der Waals surface area contributed by atoms with Crippen molar-refractivity contribution in [1.29, 1.82) is 0 Å². The summed E-state index contributed by atoms with van der Waals surface area (Å²) in [5.41, 5.74) is 2.28. The number of nitrogens with one attached hydrogen (secondary N) is 1. The first kappa shape index (κ1) is 23.3. The van der Waals surface area contributed by atoms with Gasteiger partial charge in [0, 0.05) is 30.2 Å². The van der Waals surface area contributed by atoms with E-state index in [1.165, 1.54) is 11.3 Å². The Labute approximate surface area is 198 Å². The molecule has 0 aliphatic carbocycles. The van der Waals surface area contributed by atoms with Crippen molar-refractivity contribution in [2.24, 2.45) is 0 Å². The van der Waals surface area contributed by atoms with E-state index in [0.717, 1.165) is 47.9 Å². The molecule has 2 heterocycles. The van der Waals surface area contributed by atoms with Crippen LogP contribution in [0.3, 0.4) is 0 Å². The molecule has 1 aromatic heterocycles. The van der Waals surface area contributed by atoms with Gasteiger partial charge in [-0.05, 0) is 49.2 Å². The molecule has 0 radical (unpaired) electrons. The van der Waals surface area contributed by atoms with Crippen LogP contribution in [-0.4, -0.2) is 51.3 Å². The summed E-state index contributed by atoms with van der Waals surface area (Å²) in [6.07, 6.45) is 1.62. The van der Waals surface area contributed by atoms with Gasteiger partial charge in [0.1, 0.15) is 16.5 Å². The van der Waals surface area contributed by atoms with Crippen LogP contribution in [0.1, 0.15) is 30.3 Å². The van der Waals surface area contributed by atoms with Crippen LogP contribution in [0.2, 0.25) is 0 Å². The monoisotopic (exact) mass is 485 g/mol. The molecular weight excluding hydrogens is 458 g/mol. The smallest absolute Gasteiger partial charge is 0.270 e. The average Bonchev–Trinajstić information content (AvgIpc) is 3.35. The molecule has 0 atom stereocenters. The predicted molar refractivity (Wildman–Crippen MR) is 131 cm³/mol. The maximum absolute atomic E-state index is 12.8. The number of thiazole rings is 1. The van der Waals surface area contributed by atoms with E-state index in [1.54, 1.807) is 31.5 Å². The van der Waals surface area contributed by atoms with Crippen LogP contribution in [0.4, 0.5) is 5.69 Å². The van der Waals surface area contributed by atoms with E-state index >= 15 is 0 Å². The van der Waals surface area contributed by atoms with Crippen molar-refractivity contribution in [3.8, 4) is 16.3 Å². The lowest BCUT2D eigenvalue weighted by Crippen LogP contribution is -2.44. The zero-order valence-electron chi connectivity index (χ0n) is 18.7. The molecule has 1 N–H and O–H groups in total. The van der Waals surface area contributed by atoms with Crippen molar-refractivity contribution in [3.63, 3.8) is 0 Å². The van der Waals surface area contributed by atoms with Gasteiger partial charge in [0.05, 0.1) is 23.3 Å². The first-order chi connectivity index (χ1) is 15.9. The Morgan fingerprint density at radius 1 is 1.15 bits per heavy atom. The number of aromatic nitrogens is 1. The Kier molecular flexibility index (Phi) is 6.99. The van der Waals surface area contributed by atoms with Gasteiger partial charge in [0.15, 0.2) is 9.84 Å². The number of hydrogen-bond donors (Lipinski definition) is 1. The molecule has 3 aromatic rings. The molecule has 1 amide bonds. The summed E-state index contributed by atoms with van der Waals surface area (Å²) in [5, 5.41) is 5.63. The molecule has 0 spiro atoms. The van der Waals surface area contributed by atoms with Gasteiger partial charge in [-0.25, -0.2) is 13.4 Å². The summed E-state index contributed by atoms with van der Waals surface area (Å²) < 4.78 is 29.4. The first-order valence-electron chi connectivity index (χ1n) is 10.9. The van der Waals surface area contributed by atoms with Crippen LogP contribution < -0.4 is 15.0 Å². The number of nitrogens with zero attached hydrogens (tertiary/aromatic N) is 2. The van der Waals surface area contributed by atoms with E-state index in [2.05, 4.69) is 15.2 Å². The van der Waals surface area contributed by atoms with Gasteiger partial charge in [-0.2, -0.15) is 0 Å². The zero-order chi connectivity index (χ0) is 23.4. The Hall–Kier alpha value is -2.91. The number of para-hydroxylation sites is 1. The fraction of sp³-hybridized carbons (Fsp3) is 0.333. The fourth-order valence-corrected chi connectivity index (χ4v) is 5.61. The number of carbonyl (C=O) groups is 1. The molecule has 1 aliphatic rings. The van der Waals surface area contributed by atoms with Crippen LogP contribution in [0.15, 0.2) is 58.8 Å². The normalized spacial score (nSPS) is 14.8. The summed E-state index contributed by atoms with van der Waals surface area (Å²) in [5.74, 6) is 0.656. The minimum Gasteiger partial charge on any atom is -0.496 e. The standard InChI is InChI=1S/C24H27N3O4S2/c1-3-33(29,30)19-10-8-18(9-11-19)27-14-12-17(13-15-27)25-23(28)21-16-32-24(26-21)20-6-4-5-7-22(20)31-2/h4-11,16-17H,3,12-15H2,1-2H3,(H,25,28). The fourth-order valence-electron chi connectivity index (χ4n) is 3.90. The number of amides is 1. The molecule has 0 bridgehead atoms. The Balaban J connectivity index is 1.34. The number of benzene rings is 2. The summed E-state index contributed by atoms with van der Waals surface area (Å²) in [4.78, 5) is 19.8. The van der Waals surface area contributed by atoms with Crippen LogP contribution >= 0.6 is 11.3 Å². The molecule has 4 rings (SSSR count).